The van der Waals surface area contributed by atoms with Crippen LogP contribution in [0, 0.1) is 5.92 Å². The fourth-order valence-electron chi connectivity index (χ4n) is 1.77. The third-order valence-corrected chi connectivity index (χ3v) is 4.55. The van der Waals surface area contributed by atoms with Gasteiger partial charge in [0.1, 0.15) is 4.21 Å². The van der Waals surface area contributed by atoms with Crippen molar-refractivity contribution in [2.24, 2.45) is 5.92 Å². The molecule has 0 heterocycles. The smallest absolute Gasteiger partial charge is 0.185 e. The van der Waals surface area contributed by atoms with Crippen LogP contribution in [0.3, 0.4) is 0 Å². The van der Waals surface area contributed by atoms with Gasteiger partial charge in [-0.25, -0.2) is 0 Å². The summed E-state index contributed by atoms with van der Waals surface area (Å²) in [6.45, 7) is 0. The highest BCUT2D eigenvalue weighted by Gasteiger charge is 2.21. The number of hydrogen-bond donors (Lipinski definition) is 0. The summed E-state index contributed by atoms with van der Waals surface area (Å²) < 4.78 is -0.437. The molecule has 0 radical (unpaired) electrons. The van der Waals surface area contributed by atoms with Crippen LogP contribution < -0.4 is 0 Å². The van der Waals surface area contributed by atoms with E-state index in [0.717, 1.165) is 0 Å². The number of carbonyl (C=O) groups excluding carboxylic acids is 1. The summed E-state index contributed by atoms with van der Waals surface area (Å²) in [5, 5.41) is 0. The van der Waals surface area contributed by atoms with Crippen LogP contribution >= 0.6 is 23.4 Å². The van der Waals surface area contributed by atoms with Crippen LogP contribution in [-0.2, 0) is 0 Å². The molecule has 1 aromatic rings. The van der Waals surface area contributed by atoms with E-state index in [-0.39, 0.29) is 11.7 Å². The predicted octanol–water partition coefficient (Wildman–Crippen LogP) is 4.47. The molecular weight excluding hydrogens is 276 g/mol. The van der Waals surface area contributed by atoms with E-state index in [1.807, 2.05) is 67.0 Å². The van der Waals surface area contributed by atoms with E-state index in [4.69, 9.17) is 11.6 Å². The first-order chi connectivity index (χ1) is 9.13. The number of hydrogen-bond acceptors (Lipinski definition) is 2. The molecule has 3 heteroatoms. The van der Waals surface area contributed by atoms with Crippen molar-refractivity contribution in [3.63, 3.8) is 0 Å². The Hall–Kier alpha value is -1.25. The lowest BCUT2D eigenvalue weighted by Crippen LogP contribution is -2.12. The third-order valence-electron chi connectivity index (χ3n) is 2.93. The maximum atomic E-state index is 11.9. The van der Waals surface area contributed by atoms with Crippen LogP contribution in [0.4, 0.5) is 0 Å². The average molecular weight is 291 g/mol. The molecule has 0 spiro atoms. The summed E-state index contributed by atoms with van der Waals surface area (Å²) in [5.74, 6) is 0.154. The normalized spacial score (nSPS) is 25.9. The molecular formula is C16H15ClOS. The predicted molar refractivity (Wildman–Crippen MR) is 83.8 cm³/mol. The van der Waals surface area contributed by atoms with Crippen molar-refractivity contribution < 1.29 is 4.79 Å². The van der Waals surface area contributed by atoms with Gasteiger partial charge in [0.15, 0.2) is 5.78 Å². The van der Waals surface area contributed by atoms with Gasteiger partial charge in [-0.1, -0.05) is 72.3 Å². The van der Waals surface area contributed by atoms with E-state index in [0.29, 0.717) is 5.56 Å². The highest BCUT2D eigenvalue weighted by Crippen LogP contribution is 2.34. The van der Waals surface area contributed by atoms with Gasteiger partial charge in [-0.2, -0.15) is 0 Å². The van der Waals surface area contributed by atoms with Gasteiger partial charge in [0.25, 0.3) is 0 Å². The van der Waals surface area contributed by atoms with Crippen molar-refractivity contribution in [1.29, 1.82) is 0 Å². The van der Waals surface area contributed by atoms with E-state index in [2.05, 4.69) is 0 Å². The number of halogens is 1. The van der Waals surface area contributed by atoms with Gasteiger partial charge in [-0.3, -0.25) is 4.79 Å². The molecule has 19 heavy (non-hydrogen) atoms. The molecule has 0 saturated heterocycles. The Morgan fingerprint density at radius 2 is 1.89 bits per heavy atom. The summed E-state index contributed by atoms with van der Waals surface area (Å²) in [4.78, 5) is 11.9. The number of alkyl halides is 1. The van der Waals surface area contributed by atoms with Crippen LogP contribution in [0.1, 0.15) is 10.4 Å². The Labute approximate surface area is 123 Å². The molecule has 0 aromatic heterocycles. The highest BCUT2D eigenvalue weighted by molar-refractivity contribution is 8.01. The standard InChI is InChI=1S/C16H15ClOS/c1-19-16(17)11-9-13(10-12-16)7-8-15(18)14-5-3-2-4-6-14/h2-13H,1H3/b8-7+. The Bertz CT molecular complexity index is 517. The summed E-state index contributed by atoms with van der Waals surface area (Å²) >= 11 is 7.85. The number of rotatable bonds is 4. The van der Waals surface area contributed by atoms with Crippen molar-refractivity contribution in [2.45, 2.75) is 4.21 Å². The molecule has 0 atom stereocenters. The van der Waals surface area contributed by atoms with Crippen LogP contribution in [0.15, 0.2) is 66.8 Å². The zero-order valence-corrected chi connectivity index (χ0v) is 12.2. The first-order valence-electron chi connectivity index (χ1n) is 6.03. The van der Waals surface area contributed by atoms with Crippen molar-refractivity contribution in [3.05, 3.63) is 72.4 Å². The van der Waals surface area contributed by atoms with Crippen LogP contribution in [-0.4, -0.2) is 16.2 Å². The van der Waals surface area contributed by atoms with Gasteiger partial charge in [-0.05, 0) is 12.3 Å². The lowest BCUT2D eigenvalue weighted by molar-refractivity contribution is 0.104. The molecule has 0 aliphatic heterocycles. The maximum Gasteiger partial charge on any atom is 0.185 e. The molecule has 0 saturated carbocycles. The van der Waals surface area contributed by atoms with Gasteiger partial charge < -0.3 is 0 Å². The molecule has 0 N–H and O–H groups in total. The SMILES string of the molecule is CSC1(Cl)C=CC(/C=C/C(=O)c2ccccc2)C=C1. The molecule has 1 aromatic carbocycles. The number of benzene rings is 1. The van der Waals surface area contributed by atoms with Gasteiger partial charge in [0.2, 0.25) is 0 Å². The third kappa shape index (κ3) is 3.85. The molecule has 0 fully saturated rings. The lowest BCUT2D eigenvalue weighted by Gasteiger charge is -2.20. The highest BCUT2D eigenvalue weighted by atomic mass is 35.5. The van der Waals surface area contributed by atoms with Crippen molar-refractivity contribution in [3.8, 4) is 0 Å². The molecule has 0 unspecified atom stereocenters. The molecule has 1 aliphatic rings. The molecule has 2 rings (SSSR count). The Balaban J connectivity index is 2.00. The van der Waals surface area contributed by atoms with Crippen LogP contribution in [0.25, 0.3) is 0 Å². The van der Waals surface area contributed by atoms with Crippen LogP contribution in [0.2, 0.25) is 0 Å². The van der Waals surface area contributed by atoms with Gasteiger partial charge in [0, 0.05) is 11.5 Å². The van der Waals surface area contributed by atoms with Gasteiger partial charge >= 0.3 is 0 Å². The minimum absolute atomic E-state index is 0.0231. The number of ketones is 1. The Kier molecular flexibility index (Phi) is 4.67. The fourth-order valence-corrected chi connectivity index (χ4v) is 2.34. The first kappa shape index (κ1) is 14.2. The molecule has 98 valence electrons. The average Bonchev–Trinajstić information content (AvgIpc) is 2.47. The Morgan fingerprint density at radius 3 is 2.47 bits per heavy atom. The molecule has 0 bridgehead atoms. The van der Waals surface area contributed by atoms with Crippen molar-refractivity contribution >= 4 is 29.1 Å². The zero-order valence-electron chi connectivity index (χ0n) is 10.6. The lowest BCUT2D eigenvalue weighted by atomic mass is 10.0. The zero-order chi connectivity index (χ0) is 13.7. The largest absolute Gasteiger partial charge is 0.289 e. The minimum Gasteiger partial charge on any atom is -0.289 e. The van der Waals surface area contributed by atoms with Crippen LogP contribution in [0.5, 0.6) is 0 Å². The van der Waals surface area contributed by atoms with Gasteiger partial charge in [0.05, 0.1) is 0 Å². The van der Waals surface area contributed by atoms with E-state index in [9.17, 15) is 4.79 Å². The summed E-state index contributed by atoms with van der Waals surface area (Å²) in [6.07, 6.45) is 13.4. The van der Waals surface area contributed by atoms with Gasteiger partial charge in [-0.15, -0.1) is 11.8 Å². The van der Waals surface area contributed by atoms with E-state index in [1.165, 1.54) is 0 Å². The van der Waals surface area contributed by atoms with E-state index >= 15 is 0 Å². The Morgan fingerprint density at radius 1 is 1.26 bits per heavy atom. The topological polar surface area (TPSA) is 17.1 Å². The monoisotopic (exact) mass is 290 g/mol. The molecule has 1 aliphatic carbocycles. The maximum absolute atomic E-state index is 11.9. The minimum atomic E-state index is -0.437. The molecule has 0 amide bonds. The second-order valence-corrected chi connectivity index (χ2v) is 6.22. The molecule has 1 nitrogen and oxygen atoms in total. The second kappa shape index (κ2) is 6.27. The van der Waals surface area contributed by atoms with Crippen molar-refractivity contribution in [2.75, 3.05) is 6.26 Å². The fraction of sp³-hybridized carbons (Fsp3) is 0.188. The summed E-state index contributed by atoms with van der Waals surface area (Å²) in [7, 11) is 0. The number of allylic oxidation sites excluding steroid dienone is 4. The second-order valence-electron chi connectivity index (χ2n) is 4.29. The van der Waals surface area contributed by atoms with E-state index < -0.39 is 4.21 Å². The summed E-state index contributed by atoms with van der Waals surface area (Å²) in [5.41, 5.74) is 0.707. The van der Waals surface area contributed by atoms with E-state index in [1.54, 1.807) is 17.8 Å². The van der Waals surface area contributed by atoms with Crippen molar-refractivity contribution in [1.82, 2.24) is 0 Å². The number of carbonyl (C=O) groups is 1. The summed E-state index contributed by atoms with van der Waals surface area (Å²) in [6, 6.07) is 9.26. The number of thioether (sulfide) groups is 1. The first-order valence-corrected chi connectivity index (χ1v) is 7.63. The quantitative estimate of drug-likeness (QED) is 0.352.